The molecule has 1 unspecified atom stereocenters. The van der Waals surface area contributed by atoms with E-state index in [4.69, 9.17) is 4.74 Å². The van der Waals surface area contributed by atoms with Gasteiger partial charge >= 0.3 is 0 Å². The van der Waals surface area contributed by atoms with Crippen LogP contribution in [0.1, 0.15) is 29.7 Å². The minimum Gasteiger partial charge on any atom is -0.384 e. The molecule has 21 heavy (non-hydrogen) atoms. The van der Waals surface area contributed by atoms with Crippen LogP contribution in [0.15, 0.2) is 48.5 Å². The Balaban J connectivity index is 2.19. The second kappa shape index (κ2) is 7.91. The van der Waals surface area contributed by atoms with Gasteiger partial charge in [-0.05, 0) is 41.8 Å². The monoisotopic (exact) mass is 287 g/mol. The summed E-state index contributed by atoms with van der Waals surface area (Å²) in [6.45, 7) is 3.66. The van der Waals surface area contributed by atoms with Crippen molar-refractivity contribution >= 4 is 0 Å². The number of benzene rings is 2. The third-order valence-corrected chi connectivity index (χ3v) is 3.52. The summed E-state index contributed by atoms with van der Waals surface area (Å²) >= 11 is 0. The zero-order valence-corrected chi connectivity index (χ0v) is 12.6. The number of nitrogens with one attached hydrogen (secondary N) is 1. The fourth-order valence-electron chi connectivity index (χ4n) is 2.38. The minimum absolute atomic E-state index is 0.0899. The molecule has 0 heterocycles. The van der Waals surface area contributed by atoms with Crippen molar-refractivity contribution in [1.29, 1.82) is 0 Å². The summed E-state index contributed by atoms with van der Waals surface area (Å²) < 4.78 is 18.2. The van der Waals surface area contributed by atoms with E-state index in [9.17, 15) is 4.39 Å². The smallest absolute Gasteiger partial charge is 0.123 e. The molecule has 1 N–H and O–H groups in total. The summed E-state index contributed by atoms with van der Waals surface area (Å²) in [7, 11) is 1.71. The van der Waals surface area contributed by atoms with E-state index in [-0.39, 0.29) is 11.9 Å². The van der Waals surface area contributed by atoms with Crippen molar-refractivity contribution in [2.75, 3.05) is 20.3 Å². The molecular formula is C18H22FNO. The second-order valence-electron chi connectivity index (χ2n) is 5.03. The summed E-state index contributed by atoms with van der Waals surface area (Å²) in [4.78, 5) is 0. The number of ether oxygens (including phenoxy) is 1. The third-order valence-electron chi connectivity index (χ3n) is 3.52. The van der Waals surface area contributed by atoms with Crippen molar-refractivity contribution in [3.8, 4) is 0 Å². The molecular weight excluding hydrogens is 265 g/mol. The highest BCUT2D eigenvalue weighted by Gasteiger charge is 2.12. The molecule has 2 aromatic carbocycles. The average molecular weight is 287 g/mol. The average Bonchev–Trinajstić information content (AvgIpc) is 2.52. The molecule has 0 aliphatic carbocycles. The topological polar surface area (TPSA) is 21.3 Å². The number of rotatable bonds is 7. The molecule has 0 amide bonds. The standard InChI is InChI=1S/C18H22FNO/c1-3-20-18(16-8-10-17(19)11-9-16)15-6-4-14(5-7-15)12-13-21-2/h4-11,18,20H,3,12-13H2,1-2H3. The Labute approximate surface area is 126 Å². The first-order chi connectivity index (χ1) is 10.2. The zero-order chi connectivity index (χ0) is 15.1. The van der Waals surface area contributed by atoms with Gasteiger partial charge in [0.15, 0.2) is 0 Å². The predicted molar refractivity (Wildman–Crippen MR) is 83.9 cm³/mol. The molecule has 2 rings (SSSR count). The van der Waals surface area contributed by atoms with Gasteiger partial charge < -0.3 is 10.1 Å². The van der Waals surface area contributed by atoms with Crippen LogP contribution in [0.2, 0.25) is 0 Å². The lowest BCUT2D eigenvalue weighted by molar-refractivity contribution is 0.202. The molecule has 0 spiro atoms. The van der Waals surface area contributed by atoms with Crippen LogP contribution in [-0.4, -0.2) is 20.3 Å². The molecule has 0 aliphatic rings. The highest BCUT2D eigenvalue weighted by molar-refractivity contribution is 5.33. The summed E-state index contributed by atoms with van der Waals surface area (Å²) in [5.74, 6) is -0.205. The first-order valence-electron chi connectivity index (χ1n) is 7.31. The zero-order valence-electron chi connectivity index (χ0n) is 12.6. The number of hydrogen-bond acceptors (Lipinski definition) is 2. The summed E-state index contributed by atoms with van der Waals surface area (Å²) in [6, 6.07) is 15.3. The Morgan fingerprint density at radius 1 is 1.00 bits per heavy atom. The first kappa shape index (κ1) is 15.7. The normalized spacial score (nSPS) is 12.3. The summed E-state index contributed by atoms with van der Waals surface area (Å²) in [5, 5.41) is 3.45. The first-order valence-corrected chi connectivity index (χ1v) is 7.31. The van der Waals surface area contributed by atoms with Crippen LogP contribution in [0.3, 0.4) is 0 Å². The van der Waals surface area contributed by atoms with Crippen LogP contribution in [0.4, 0.5) is 4.39 Å². The Hall–Kier alpha value is -1.71. The maximum Gasteiger partial charge on any atom is 0.123 e. The molecule has 0 fully saturated rings. The lowest BCUT2D eigenvalue weighted by atomic mass is 9.97. The van der Waals surface area contributed by atoms with E-state index in [1.54, 1.807) is 7.11 Å². The summed E-state index contributed by atoms with van der Waals surface area (Å²) in [6.07, 6.45) is 0.916. The molecule has 112 valence electrons. The van der Waals surface area contributed by atoms with Crippen molar-refractivity contribution < 1.29 is 9.13 Å². The lowest BCUT2D eigenvalue weighted by Gasteiger charge is -2.19. The molecule has 3 heteroatoms. The van der Waals surface area contributed by atoms with Crippen LogP contribution < -0.4 is 5.32 Å². The molecule has 2 aromatic rings. The van der Waals surface area contributed by atoms with Gasteiger partial charge in [-0.2, -0.15) is 0 Å². The van der Waals surface area contributed by atoms with Gasteiger partial charge in [-0.3, -0.25) is 0 Å². The molecule has 0 radical (unpaired) electrons. The number of methoxy groups -OCH3 is 1. The highest BCUT2D eigenvalue weighted by Crippen LogP contribution is 2.22. The van der Waals surface area contributed by atoms with Crippen molar-refractivity contribution in [2.45, 2.75) is 19.4 Å². The number of halogens is 1. The molecule has 1 atom stereocenters. The van der Waals surface area contributed by atoms with Crippen LogP contribution >= 0.6 is 0 Å². The molecule has 0 aliphatic heterocycles. The van der Waals surface area contributed by atoms with Crippen molar-refractivity contribution in [1.82, 2.24) is 5.32 Å². The van der Waals surface area contributed by atoms with Crippen molar-refractivity contribution in [3.05, 3.63) is 71.0 Å². The van der Waals surface area contributed by atoms with Gasteiger partial charge in [0.1, 0.15) is 5.82 Å². The Bertz CT molecular complexity index is 536. The Morgan fingerprint density at radius 2 is 1.57 bits per heavy atom. The maximum absolute atomic E-state index is 13.1. The Morgan fingerprint density at radius 3 is 2.10 bits per heavy atom. The van der Waals surface area contributed by atoms with Crippen LogP contribution in [-0.2, 0) is 11.2 Å². The van der Waals surface area contributed by atoms with E-state index in [1.165, 1.54) is 23.3 Å². The van der Waals surface area contributed by atoms with E-state index < -0.39 is 0 Å². The molecule has 2 nitrogen and oxygen atoms in total. The quantitative estimate of drug-likeness (QED) is 0.838. The van der Waals surface area contributed by atoms with E-state index in [1.807, 2.05) is 12.1 Å². The van der Waals surface area contributed by atoms with Gasteiger partial charge in [0.2, 0.25) is 0 Å². The van der Waals surface area contributed by atoms with E-state index >= 15 is 0 Å². The minimum atomic E-state index is -0.205. The molecule has 0 saturated heterocycles. The van der Waals surface area contributed by atoms with Gasteiger partial charge in [-0.25, -0.2) is 4.39 Å². The van der Waals surface area contributed by atoms with Crippen LogP contribution in [0, 0.1) is 5.82 Å². The molecule has 0 aromatic heterocycles. The van der Waals surface area contributed by atoms with Gasteiger partial charge in [0, 0.05) is 7.11 Å². The molecule has 0 saturated carbocycles. The Kier molecular flexibility index (Phi) is 5.90. The number of hydrogen-bond donors (Lipinski definition) is 1. The van der Waals surface area contributed by atoms with E-state index in [0.717, 1.165) is 25.1 Å². The maximum atomic E-state index is 13.1. The third kappa shape index (κ3) is 4.38. The largest absolute Gasteiger partial charge is 0.384 e. The predicted octanol–water partition coefficient (Wildman–Crippen LogP) is 3.71. The van der Waals surface area contributed by atoms with E-state index in [2.05, 4.69) is 36.5 Å². The van der Waals surface area contributed by atoms with Crippen molar-refractivity contribution in [3.63, 3.8) is 0 Å². The fraction of sp³-hybridized carbons (Fsp3) is 0.333. The SMILES string of the molecule is CCNC(c1ccc(F)cc1)c1ccc(CCOC)cc1. The lowest BCUT2D eigenvalue weighted by Crippen LogP contribution is -2.22. The van der Waals surface area contributed by atoms with Gasteiger partial charge in [0.05, 0.1) is 12.6 Å². The highest BCUT2D eigenvalue weighted by atomic mass is 19.1. The fourth-order valence-corrected chi connectivity index (χ4v) is 2.38. The molecule has 0 bridgehead atoms. The second-order valence-corrected chi connectivity index (χ2v) is 5.03. The van der Waals surface area contributed by atoms with Gasteiger partial charge in [-0.1, -0.05) is 43.3 Å². The van der Waals surface area contributed by atoms with Gasteiger partial charge in [0.25, 0.3) is 0 Å². The van der Waals surface area contributed by atoms with Crippen LogP contribution in [0.5, 0.6) is 0 Å². The van der Waals surface area contributed by atoms with Crippen molar-refractivity contribution in [2.24, 2.45) is 0 Å². The van der Waals surface area contributed by atoms with E-state index in [0.29, 0.717) is 0 Å². The summed E-state index contributed by atoms with van der Waals surface area (Å²) in [5.41, 5.74) is 3.52. The van der Waals surface area contributed by atoms with Gasteiger partial charge in [-0.15, -0.1) is 0 Å². The van der Waals surface area contributed by atoms with Crippen LogP contribution in [0.25, 0.3) is 0 Å².